The summed E-state index contributed by atoms with van der Waals surface area (Å²) in [6.45, 7) is 2.93. The van der Waals surface area contributed by atoms with Crippen LogP contribution in [0.3, 0.4) is 0 Å². The van der Waals surface area contributed by atoms with Crippen molar-refractivity contribution in [2.45, 2.75) is 23.3 Å². The average Bonchev–Trinajstić information content (AvgIpc) is 3.12. The van der Waals surface area contributed by atoms with Crippen LogP contribution in [-0.2, 0) is 26.6 Å². The van der Waals surface area contributed by atoms with Gasteiger partial charge in [-0.3, -0.25) is 4.68 Å². The quantitative estimate of drug-likeness (QED) is 0.753. The summed E-state index contributed by atoms with van der Waals surface area (Å²) in [6.07, 6.45) is 2.81. The van der Waals surface area contributed by atoms with E-state index in [1.165, 1.54) is 33.1 Å². The molecule has 0 unspecified atom stereocenters. The maximum Gasteiger partial charge on any atom is 0.246 e. The van der Waals surface area contributed by atoms with Crippen LogP contribution in [-0.4, -0.2) is 61.4 Å². The average molecular weight is 384 g/mol. The second-order valence-electron chi connectivity index (χ2n) is 5.65. The molecule has 0 spiro atoms. The molecular formula is C15H20N4O4S2. The third kappa shape index (κ3) is 3.47. The zero-order valence-electron chi connectivity index (χ0n) is 13.8. The van der Waals surface area contributed by atoms with E-state index in [1.807, 2.05) is 6.92 Å². The first-order chi connectivity index (χ1) is 11.9. The fourth-order valence-corrected chi connectivity index (χ4v) is 5.51. The molecule has 1 aromatic heterocycles. The predicted octanol–water partition coefficient (Wildman–Crippen LogP) is 0.598. The number of piperazine rings is 1. The van der Waals surface area contributed by atoms with Crippen molar-refractivity contribution < 1.29 is 16.8 Å². The Balaban J connectivity index is 1.73. The minimum Gasteiger partial charge on any atom is -0.272 e. The van der Waals surface area contributed by atoms with Crippen molar-refractivity contribution in [3.8, 4) is 0 Å². The van der Waals surface area contributed by atoms with Gasteiger partial charge < -0.3 is 0 Å². The van der Waals surface area contributed by atoms with Gasteiger partial charge in [0, 0.05) is 38.9 Å². The zero-order valence-corrected chi connectivity index (χ0v) is 15.4. The first-order valence-electron chi connectivity index (χ1n) is 7.93. The molecule has 3 rings (SSSR count). The summed E-state index contributed by atoms with van der Waals surface area (Å²) in [5.74, 6) is 0. The molecular weight excluding hydrogens is 364 g/mol. The summed E-state index contributed by atoms with van der Waals surface area (Å²) < 4.78 is 54.7. The molecule has 0 amide bonds. The highest BCUT2D eigenvalue weighted by molar-refractivity contribution is 7.89. The molecule has 1 aliphatic heterocycles. The third-order valence-electron chi connectivity index (χ3n) is 4.15. The lowest BCUT2D eigenvalue weighted by atomic mass is 10.4. The predicted molar refractivity (Wildman–Crippen MR) is 91.9 cm³/mol. The lowest BCUT2D eigenvalue weighted by Crippen LogP contribution is -2.50. The van der Waals surface area contributed by atoms with E-state index in [9.17, 15) is 16.8 Å². The Labute approximate surface area is 147 Å². The molecule has 8 nitrogen and oxygen atoms in total. The number of aromatic nitrogens is 2. The summed E-state index contributed by atoms with van der Waals surface area (Å²) in [5, 5.41) is 3.99. The van der Waals surface area contributed by atoms with E-state index < -0.39 is 20.0 Å². The van der Waals surface area contributed by atoms with Crippen LogP contribution < -0.4 is 0 Å². The van der Waals surface area contributed by atoms with Gasteiger partial charge in [-0.1, -0.05) is 18.2 Å². The number of hydrogen-bond acceptors (Lipinski definition) is 5. The molecule has 0 atom stereocenters. The van der Waals surface area contributed by atoms with Crippen LogP contribution in [0.25, 0.3) is 0 Å². The smallest absolute Gasteiger partial charge is 0.246 e. The Hall–Kier alpha value is -1.75. The van der Waals surface area contributed by atoms with Crippen LogP contribution in [0.1, 0.15) is 6.92 Å². The van der Waals surface area contributed by atoms with E-state index in [-0.39, 0.29) is 36.0 Å². The summed E-state index contributed by atoms with van der Waals surface area (Å²) in [7, 11) is -7.26. The molecule has 0 bridgehead atoms. The maximum absolute atomic E-state index is 12.6. The molecule has 0 saturated carbocycles. The largest absolute Gasteiger partial charge is 0.272 e. The molecule has 0 aliphatic carbocycles. The van der Waals surface area contributed by atoms with Crippen molar-refractivity contribution in [1.82, 2.24) is 18.4 Å². The van der Waals surface area contributed by atoms with E-state index in [2.05, 4.69) is 5.10 Å². The van der Waals surface area contributed by atoms with Gasteiger partial charge >= 0.3 is 0 Å². The van der Waals surface area contributed by atoms with Crippen LogP contribution in [0.4, 0.5) is 0 Å². The van der Waals surface area contributed by atoms with Crippen molar-refractivity contribution >= 4 is 20.0 Å². The zero-order chi connectivity index (χ0) is 18.1. The number of aryl methyl sites for hydroxylation is 1. The van der Waals surface area contributed by atoms with E-state index in [0.29, 0.717) is 6.54 Å². The Kier molecular flexibility index (Phi) is 4.96. The maximum atomic E-state index is 12.6. The number of benzene rings is 1. The van der Waals surface area contributed by atoms with Gasteiger partial charge in [-0.15, -0.1) is 0 Å². The highest BCUT2D eigenvalue weighted by Gasteiger charge is 2.34. The van der Waals surface area contributed by atoms with Crippen LogP contribution >= 0.6 is 0 Å². The SMILES string of the molecule is CCn1cc(S(=O)(=O)N2CCN(S(=O)(=O)c3ccccc3)CC2)cn1. The van der Waals surface area contributed by atoms with Crippen LogP contribution in [0.2, 0.25) is 0 Å². The number of nitrogens with zero attached hydrogens (tertiary/aromatic N) is 4. The molecule has 1 aromatic carbocycles. The van der Waals surface area contributed by atoms with Gasteiger partial charge in [-0.05, 0) is 19.1 Å². The Morgan fingerprint density at radius 1 is 0.880 bits per heavy atom. The molecule has 25 heavy (non-hydrogen) atoms. The van der Waals surface area contributed by atoms with Gasteiger partial charge in [0.05, 0.1) is 11.1 Å². The second-order valence-corrected chi connectivity index (χ2v) is 9.53. The minimum absolute atomic E-state index is 0.117. The molecule has 2 heterocycles. The number of sulfonamides is 2. The fourth-order valence-electron chi connectivity index (χ4n) is 2.69. The first kappa shape index (κ1) is 18.1. The third-order valence-corrected chi connectivity index (χ3v) is 7.91. The monoisotopic (exact) mass is 384 g/mol. The molecule has 136 valence electrons. The molecule has 10 heteroatoms. The van der Waals surface area contributed by atoms with Crippen molar-refractivity contribution in [3.05, 3.63) is 42.7 Å². The summed E-state index contributed by atoms with van der Waals surface area (Å²) in [5.41, 5.74) is 0. The van der Waals surface area contributed by atoms with Gasteiger partial charge in [0.25, 0.3) is 0 Å². The lowest BCUT2D eigenvalue weighted by Gasteiger charge is -2.32. The standard InChI is InChI=1S/C15H20N4O4S2/c1-2-17-13-15(12-16-17)25(22,23)19-10-8-18(9-11-19)24(20,21)14-6-4-3-5-7-14/h3-7,12-13H,2,8-11H2,1H3. The Morgan fingerprint density at radius 3 is 1.88 bits per heavy atom. The van der Waals surface area contributed by atoms with Gasteiger partial charge in [-0.2, -0.15) is 13.7 Å². The first-order valence-corrected chi connectivity index (χ1v) is 10.8. The highest BCUT2D eigenvalue weighted by Crippen LogP contribution is 2.21. The van der Waals surface area contributed by atoms with Crippen molar-refractivity contribution in [2.75, 3.05) is 26.2 Å². The van der Waals surface area contributed by atoms with Gasteiger partial charge in [-0.25, -0.2) is 16.8 Å². The Morgan fingerprint density at radius 2 is 1.40 bits per heavy atom. The lowest BCUT2D eigenvalue weighted by molar-refractivity contribution is 0.273. The van der Waals surface area contributed by atoms with Gasteiger partial charge in [0.15, 0.2) is 0 Å². The highest BCUT2D eigenvalue weighted by atomic mass is 32.2. The molecule has 1 fully saturated rings. The second kappa shape index (κ2) is 6.87. The van der Waals surface area contributed by atoms with Crippen molar-refractivity contribution in [3.63, 3.8) is 0 Å². The van der Waals surface area contributed by atoms with E-state index in [0.717, 1.165) is 0 Å². The molecule has 2 aromatic rings. The number of rotatable bonds is 5. The molecule has 0 N–H and O–H groups in total. The van der Waals surface area contributed by atoms with E-state index in [1.54, 1.807) is 22.9 Å². The van der Waals surface area contributed by atoms with Crippen LogP contribution in [0.15, 0.2) is 52.5 Å². The summed E-state index contributed by atoms with van der Waals surface area (Å²) in [6, 6.07) is 8.16. The minimum atomic E-state index is -3.66. The topological polar surface area (TPSA) is 92.6 Å². The number of hydrogen-bond donors (Lipinski definition) is 0. The Bertz CT molecular complexity index is 931. The normalized spacial score (nSPS) is 17.6. The fraction of sp³-hybridized carbons (Fsp3) is 0.400. The van der Waals surface area contributed by atoms with Gasteiger partial charge in [0.2, 0.25) is 20.0 Å². The van der Waals surface area contributed by atoms with Crippen molar-refractivity contribution in [1.29, 1.82) is 0 Å². The molecule has 0 radical (unpaired) electrons. The van der Waals surface area contributed by atoms with Gasteiger partial charge in [0.1, 0.15) is 4.90 Å². The molecule has 1 aliphatic rings. The summed E-state index contributed by atoms with van der Waals surface area (Å²) >= 11 is 0. The van der Waals surface area contributed by atoms with Crippen LogP contribution in [0, 0.1) is 0 Å². The van der Waals surface area contributed by atoms with E-state index in [4.69, 9.17) is 0 Å². The van der Waals surface area contributed by atoms with E-state index >= 15 is 0 Å². The van der Waals surface area contributed by atoms with Crippen LogP contribution in [0.5, 0.6) is 0 Å². The van der Waals surface area contributed by atoms with Crippen molar-refractivity contribution in [2.24, 2.45) is 0 Å². The molecule has 1 saturated heterocycles. The summed E-state index contributed by atoms with van der Waals surface area (Å²) in [4.78, 5) is 0.351.